The third-order valence-corrected chi connectivity index (χ3v) is 3.60. The quantitative estimate of drug-likeness (QED) is 0.832. The van der Waals surface area contributed by atoms with Gasteiger partial charge >= 0.3 is 0 Å². The molecule has 0 saturated heterocycles. The highest BCUT2D eigenvalue weighted by Crippen LogP contribution is 2.31. The van der Waals surface area contributed by atoms with E-state index in [1.54, 1.807) is 35.5 Å². The van der Waals surface area contributed by atoms with Gasteiger partial charge in [-0.05, 0) is 31.2 Å². The van der Waals surface area contributed by atoms with Gasteiger partial charge in [0.1, 0.15) is 19.2 Å². The van der Waals surface area contributed by atoms with Gasteiger partial charge < -0.3 is 4.90 Å². The minimum absolute atomic E-state index is 0.209. The van der Waals surface area contributed by atoms with Crippen LogP contribution in [0, 0.1) is 13.1 Å². The van der Waals surface area contributed by atoms with E-state index in [1.807, 2.05) is 6.92 Å². The molecule has 4 heterocycles. The van der Waals surface area contributed by atoms with Crippen LogP contribution in [0.1, 0.15) is 11.4 Å². The van der Waals surface area contributed by atoms with Gasteiger partial charge in [-0.3, -0.25) is 10.4 Å². The molecule has 2 aliphatic heterocycles. The number of aliphatic imine (C=N–C) groups is 2. The van der Waals surface area contributed by atoms with Gasteiger partial charge in [0, 0.05) is 6.20 Å². The number of aryl methyl sites for hydroxylation is 1. The maximum absolute atomic E-state index is 15.0. The van der Waals surface area contributed by atoms with Gasteiger partial charge in [0.25, 0.3) is 0 Å². The molecule has 0 saturated carbocycles. The molecule has 9 nitrogen and oxygen atoms in total. The molecule has 2 aliphatic rings. The lowest BCUT2D eigenvalue weighted by molar-refractivity contribution is 0.499. The van der Waals surface area contributed by atoms with Crippen molar-refractivity contribution in [1.29, 1.82) is 0 Å². The molecule has 129 valence electrons. The molecule has 0 aliphatic carbocycles. The summed E-state index contributed by atoms with van der Waals surface area (Å²) in [5, 5.41) is 17.2. The topological polar surface area (TPSA) is 94.8 Å². The van der Waals surface area contributed by atoms with E-state index in [4.69, 9.17) is 0 Å². The molecule has 4 rings (SSSR count). The highest BCUT2D eigenvalue weighted by Gasteiger charge is 2.28. The molecule has 0 bridgehead atoms. The zero-order valence-corrected chi connectivity index (χ0v) is 13.7. The molecule has 2 aromatic heterocycles. The number of rotatable bonds is 3. The average molecular weight is 350 g/mol. The van der Waals surface area contributed by atoms with E-state index in [0.717, 1.165) is 5.69 Å². The van der Waals surface area contributed by atoms with Gasteiger partial charge in [-0.15, -0.1) is 5.10 Å². The van der Waals surface area contributed by atoms with Gasteiger partial charge in [-0.1, -0.05) is 0 Å². The lowest BCUT2D eigenvalue weighted by Gasteiger charge is -2.31. The minimum atomic E-state index is -0.620. The van der Waals surface area contributed by atoms with Crippen LogP contribution in [0.3, 0.4) is 0 Å². The monoisotopic (exact) mass is 350 g/mol. The summed E-state index contributed by atoms with van der Waals surface area (Å²) in [6.45, 7) is 2.08. The molecule has 0 spiro atoms. The van der Waals surface area contributed by atoms with Crippen LogP contribution < -0.4 is 10.4 Å². The van der Waals surface area contributed by atoms with E-state index in [-0.39, 0.29) is 12.2 Å². The molecule has 1 N–H and O–H groups in total. The average Bonchev–Trinajstić information content (AvgIpc) is 2.70. The maximum atomic E-state index is 15.0. The Morgan fingerprint density at radius 1 is 1.19 bits per heavy atom. The van der Waals surface area contributed by atoms with Crippen LogP contribution in [-0.2, 0) is 0 Å². The van der Waals surface area contributed by atoms with Gasteiger partial charge in [0.2, 0.25) is 5.95 Å². The van der Waals surface area contributed by atoms with Crippen molar-refractivity contribution in [2.45, 2.75) is 6.92 Å². The van der Waals surface area contributed by atoms with Gasteiger partial charge in [0.05, 0.1) is 29.0 Å². The number of halogens is 1. The molecule has 0 atom stereocenters. The summed E-state index contributed by atoms with van der Waals surface area (Å²) in [5.74, 6) is -0.239. The van der Waals surface area contributed by atoms with E-state index < -0.39 is 5.95 Å². The van der Waals surface area contributed by atoms with Crippen LogP contribution in [0.4, 0.5) is 10.2 Å². The Balaban J connectivity index is 1.79. The summed E-state index contributed by atoms with van der Waals surface area (Å²) in [6.07, 6.45) is 7.58. The van der Waals surface area contributed by atoms with Crippen LogP contribution in [-0.4, -0.2) is 44.6 Å². The number of hydrazine groups is 1. The van der Waals surface area contributed by atoms with Crippen molar-refractivity contribution in [3.05, 3.63) is 59.7 Å². The van der Waals surface area contributed by atoms with E-state index in [1.165, 1.54) is 17.5 Å². The fourth-order valence-corrected chi connectivity index (χ4v) is 2.40. The number of nitrogens with one attached hydrogen (secondary N) is 1. The summed E-state index contributed by atoms with van der Waals surface area (Å²) < 4.78 is 15.0. The first kappa shape index (κ1) is 15.8. The van der Waals surface area contributed by atoms with Crippen molar-refractivity contribution in [3.63, 3.8) is 0 Å². The largest absolute Gasteiger partial charge is 0.309 e. The lowest BCUT2D eigenvalue weighted by Crippen LogP contribution is -2.40. The van der Waals surface area contributed by atoms with E-state index in [9.17, 15) is 0 Å². The SMILES string of the molecule is Cc1ccc(C2=C(F)NN(c3cccnn3)[C]=C2N2C=NC=NC2)nn1. The predicted molar refractivity (Wildman–Crippen MR) is 92.9 cm³/mol. The fourth-order valence-electron chi connectivity index (χ4n) is 2.40. The summed E-state index contributed by atoms with van der Waals surface area (Å²) >= 11 is 0. The number of anilines is 1. The molecule has 0 amide bonds. The van der Waals surface area contributed by atoms with E-state index >= 15 is 4.39 Å². The van der Waals surface area contributed by atoms with Crippen LogP contribution >= 0.6 is 0 Å². The van der Waals surface area contributed by atoms with Crippen molar-refractivity contribution >= 4 is 24.1 Å². The normalized spacial score (nSPS) is 16.6. The van der Waals surface area contributed by atoms with Crippen molar-refractivity contribution < 1.29 is 4.39 Å². The van der Waals surface area contributed by atoms with E-state index in [0.29, 0.717) is 17.2 Å². The van der Waals surface area contributed by atoms with Crippen LogP contribution in [0.5, 0.6) is 0 Å². The molecule has 1 radical (unpaired) electrons. The van der Waals surface area contributed by atoms with Crippen molar-refractivity contribution in [1.82, 2.24) is 30.7 Å². The smallest absolute Gasteiger partial charge is 0.217 e. The van der Waals surface area contributed by atoms with Crippen molar-refractivity contribution in [3.8, 4) is 0 Å². The second-order valence-corrected chi connectivity index (χ2v) is 5.41. The van der Waals surface area contributed by atoms with Gasteiger partial charge in [-0.25, -0.2) is 10.0 Å². The Hall–Kier alpha value is -3.69. The van der Waals surface area contributed by atoms with Crippen LogP contribution in [0.25, 0.3) is 5.57 Å². The molecule has 0 fully saturated rings. The molecule has 2 aromatic rings. The molecule has 26 heavy (non-hydrogen) atoms. The number of allylic oxidation sites excluding steroid dienone is 1. The number of nitrogens with zero attached hydrogens (tertiary/aromatic N) is 8. The summed E-state index contributed by atoms with van der Waals surface area (Å²) in [5.41, 5.74) is 4.30. The third kappa shape index (κ3) is 2.99. The summed E-state index contributed by atoms with van der Waals surface area (Å²) in [4.78, 5) is 9.75. The Morgan fingerprint density at radius 3 is 2.81 bits per heavy atom. The molecule has 0 unspecified atom stereocenters. The second kappa shape index (κ2) is 6.67. The van der Waals surface area contributed by atoms with Crippen LogP contribution in [0.15, 0.2) is 52.1 Å². The molecular formula is C16H13FN9. The Bertz CT molecular complexity index is 918. The first-order valence-electron chi connectivity index (χ1n) is 7.69. The Morgan fingerprint density at radius 2 is 2.12 bits per heavy atom. The number of aromatic nitrogens is 4. The second-order valence-electron chi connectivity index (χ2n) is 5.41. The van der Waals surface area contributed by atoms with Gasteiger partial charge in [0.15, 0.2) is 5.82 Å². The van der Waals surface area contributed by atoms with Gasteiger partial charge in [-0.2, -0.15) is 19.7 Å². The van der Waals surface area contributed by atoms with E-state index in [2.05, 4.69) is 42.0 Å². The highest BCUT2D eigenvalue weighted by molar-refractivity contribution is 5.84. The number of hydrogen-bond donors (Lipinski definition) is 1. The summed E-state index contributed by atoms with van der Waals surface area (Å²) in [6, 6.07) is 6.83. The Labute approximate surface area is 148 Å². The maximum Gasteiger partial charge on any atom is 0.217 e. The lowest BCUT2D eigenvalue weighted by atomic mass is 10.1. The molecule has 0 aromatic carbocycles. The fraction of sp³-hybridized carbons (Fsp3) is 0.125. The first-order valence-corrected chi connectivity index (χ1v) is 7.69. The number of hydrogen-bond acceptors (Lipinski definition) is 9. The highest BCUT2D eigenvalue weighted by atomic mass is 19.1. The van der Waals surface area contributed by atoms with Crippen molar-refractivity contribution in [2.75, 3.05) is 11.7 Å². The molecule has 10 heteroatoms. The summed E-state index contributed by atoms with van der Waals surface area (Å²) in [7, 11) is 0. The zero-order chi connectivity index (χ0) is 17.9. The van der Waals surface area contributed by atoms with Crippen LogP contribution in [0.2, 0.25) is 0 Å². The Kier molecular flexibility index (Phi) is 4.06. The first-order chi connectivity index (χ1) is 12.7. The zero-order valence-electron chi connectivity index (χ0n) is 13.7. The molecular weight excluding hydrogens is 337 g/mol. The standard InChI is InChI=1S/C16H13FN9/c1-11-4-5-12(22-21-11)15-13(25-9-18-8-19-10-25)7-26(24-16(15)17)14-3-2-6-20-23-14/h2-6,8-9,24H,10H2,1H3. The van der Waals surface area contributed by atoms with Crippen molar-refractivity contribution in [2.24, 2.45) is 9.98 Å². The minimum Gasteiger partial charge on any atom is -0.309 e. The third-order valence-electron chi connectivity index (χ3n) is 3.60. The predicted octanol–water partition coefficient (Wildman–Crippen LogP) is 1.21.